The second-order valence-electron chi connectivity index (χ2n) is 5.72. The van der Waals surface area contributed by atoms with Crippen molar-refractivity contribution in [1.29, 1.82) is 0 Å². The number of benzene rings is 1. The van der Waals surface area contributed by atoms with Crippen LogP contribution in [0.15, 0.2) is 47.2 Å². The molecule has 1 aromatic heterocycles. The van der Waals surface area contributed by atoms with Crippen LogP contribution in [-0.4, -0.2) is 29.3 Å². The first-order valence-electron chi connectivity index (χ1n) is 7.48. The van der Waals surface area contributed by atoms with Crippen molar-refractivity contribution in [2.75, 3.05) is 6.54 Å². The molecule has 124 valence electrons. The minimum absolute atomic E-state index is 0.294. The molecular weight excluding hydrogens is 326 g/mol. The van der Waals surface area contributed by atoms with Crippen molar-refractivity contribution in [3.63, 3.8) is 0 Å². The first-order chi connectivity index (χ1) is 11.5. The second-order valence-corrected chi connectivity index (χ2v) is 6.50. The Morgan fingerprint density at radius 3 is 2.67 bits per heavy atom. The SMILES string of the molecule is C[C@]1(c2ccsc2)NC(=O)N(CC(=O)NCc2ccccc2)C1=O. The molecule has 0 bridgehead atoms. The summed E-state index contributed by atoms with van der Waals surface area (Å²) < 4.78 is 0. The lowest BCUT2D eigenvalue weighted by Gasteiger charge is -2.20. The Bertz CT molecular complexity index is 761. The Labute approximate surface area is 143 Å². The normalized spacial score (nSPS) is 20.1. The number of thiophene rings is 1. The zero-order valence-electron chi connectivity index (χ0n) is 13.1. The van der Waals surface area contributed by atoms with Gasteiger partial charge in [-0.3, -0.25) is 14.5 Å². The van der Waals surface area contributed by atoms with Crippen LogP contribution in [-0.2, 0) is 21.7 Å². The van der Waals surface area contributed by atoms with E-state index in [0.29, 0.717) is 6.54 Å². The van der Waals surface area contributed by atoms with E-state index in [-0.39, 0.29) is 12.5 Å². The fourth-order valence-electron chi connectivity index (χ4n) is 2.58. The number of carbonyl (C=O) groups excluding carboxylic acids is 3. The number of rotatable bonds is 5. The van der Waals surface area contributed by atoms with Gasteiger partial charge in [0.15, 0.2) is 0 Å². The molecular formula is C17H17N3O3S. The highest BCUT2D eigenvalue weighted by molar-refractivity contribution is 7.08. The molecule has 3 rings (SSSR count). The summed E-state index contributed by atoms with van der Waals surface area (Å²) in [6.07, 6.45) is 0. The average molecular weight is 343 g/mol. The zero-order valence-corrected chi connectivity index (χ0v) is 13.9. The number of imide groups is 1. The van der Waals surface area contributed by atoms with E-state index >= 15 is 0 Å². The third-order valence-corrected chi connectivity index (χ3v) is 4.69. The van der Waals surface area contributed by atoms with Crippen LogP contribution in [0.1, 0.15) is 18.1 Å². The lowest BCUT2D eigenvalue weighted by molar-refractivity contribution is -0.134. The molecule has 24 heavy (non-hydrogen) atoms. The van der Waals surface area contributed by atoms with Gasteiger partial charge in [0.25, 0.3) is 5.91 Å². The molecule has 1 aliphatic heterocycles. The molecule has 1 fully saturated rings. The van der Waals surface area contributed by atoms with Gasteiger partial charge in [-0.25, -0.2) is 4.79 Å². The number of nitrogens with zero attached hydrogens (tertiary/aromatic N) is 1. The number of amides is 4. The van der Waals surface area contributed by atoms with Gasteiger partial charge in [0.05, 0.1) is 0 Å². The summed E-state index contributed by atoms with van der Waals surface area (Å²) in [6.45, 7) is 1.71. The van der Waals surface area contributed by atoms with Crippen molar-refractivity contribution in [2.24, 2.45) is 0 Å². The molecule has 2 aromatic rings. The van der Waals surface area contributed by atoms with E-state index in [1.807, 2.05) is 41.1 Å². The van der Waals surface area contributed by atoms with Gasteiger partial charge in [-0.2, -0.15) is 11.3 Å². The highest BCUT2D eigenvalue weighted by Gasteiger charge is 2.49. The Morgan fingerprint density at radius 2 is 2.00 bits per heavy atom. The Morgan fingerprint density at radius 1 is 1.25 bits per heavy atom. The summed E-state index contributed by atoms with van der Waals surface area (Å²) in [6, 6.07) is 10.7. The predicted octanol–water partition coefficient (Wildman–Crippen LogP) is 1.83. The quantitative estimate of drug-likeness (QED) is 0.813. The highest BCUT2D eigenvalue weighted by Crippen LogP contribution is 2.29. The summed E-state index contributed by atoms with van der Waals surface area (Å²) in [5, 5.41) is 9.05. The van der Waals surface area contributed by atoms with Crippen molar-refractivity contribution in [3.05, 3.63) is 58.3 Å². The van der Waals surface area contributed by atoms with Crippen molar-refractivity contribution in [1.82, 2.24) is 15.5 Å². The summed E-state index contributed by atoms with van der Waals surface area (Å²) in [5.41, 5.74) is 0.556. The molecule has 0 spiro atoms. The third-order valence-electron chi connectivity index (χ3n) is 4.01. The van der Waals surface area contributed by atoms with Crippen molar-refractivity contribution < 1.29 is 14.4 Å². The van der Waals surface area contributed by atoms with Crippen LogP contribution < -0.4 is 10.6 Å². The lowest BCUT2D eigenvalue weighted by atomic mass is 9.95. The van der Waals surface area contributed by atoms with Gasteiger partial charge in [0, 0.05) is 6.54 Å². The van der Waals surface area contributed by atoms with Crippen molar-refractivity contribution in [3.8, 4) is 0 Å². The summed E-state index contributed by atoms with van der Waals surface area (Å²) >= 11 is 1.45. The largest absolute Gasteiger partial charge is 0.350 e. The maximum Gasteiger partial charge on any atom is 0.325 e. The molecule has 1 aliphatic rings. The number of hydrogen-bond acceptors (Lipinski definition) is 4. The Hall–Kier alpha value is -2.67. The minimum Gasteiger partial charge on any atom is -0.350 e. The molecule has 2 N–H and O–H groups in total. The van der Waals surface area contributed by atoms with Gasteiger partial charge in [-0.05, 0) is 34.9 Å². The number of carbonyl (C=O) groups is 3. The van der Waals surface area contributed by atoms with E-state index in [9.17, 15) is 14.4 Å². The van der Waals surface area contributed by atoms with Gasteiger partial charge in [0.1, 0.15) is 12.1 Å². The van der Waals surface area contributed by atoms with Crippen LogP contribution in [0, 0.1) is 0 Å². The summed E-state index contributed by atoms with van der Waals surface area (Å²) in [5.74, 6) is -0.794. The highest BCUT2D eigenvalue weighted by atomic mass is 32.1. The van der Waals surface area contributed by atoms with Crippen LogP contribution in [0.2, 0.25) is 0 Å². The van der Waals surface area contributed by atoms with Gasteiger partial charge in [-0.1, -0.05) is 30.3 Å². The predicted molar refractivity (Wildman–Crippen MR) is 90.2 cm³/mol. The fourth-order valence-corrected chi connectivity index (χ4v) is 3.35. The lowest BCUT2D eigenvalue weighted by Crippen LogP contribution is -2.43. The fraction of sp³-hybridized carbons (Fsp3) is 0.235. The smallest absolute Gasteiger partial charge is 0.325 e. The van der Waals surface area contributed by atoms with Gasteiger partial charge in [0.2, 0.25) is 5.91 Å². The second kappa shape index (κ2) is 6.45. The van der Waals surface area contributed by atoms with Gasteiger partial charge < -0.3 is 10.6 Å². The molecule has 1 aromatic carbocycles. The molecule has 1 saturated heterocycles. The van der Waals surface area contributed by atoms with E-state index < -0.39 is 17.5 Å². The molecule has 0 radical (unpaired) electrons. The van der Waals surface area contributed by atoms with E-state index in [1.54, 1.807) is 13.0 Å². The number of urea groups is 1. The standard InChI is InChI=1S/C17H17N3O3S/c1-17(13-7-8-24-11-13)15(22)20(16(23)19-17)10-14(21)18-9-12-5-3-2-4-6-12/h2-8,11H,9-10H2,1H3,(H,18,21)(H,19,23)/t17-/m1/s1. The topological polar surface area (TPSA) is 78.5 Å². The maximum atomic E-state index is 12.6. The monoisotopic (exact) mass is 343 g/mol. The molecule has 0 unspecified atom stereocenters. The zero-order chi connectivity index (χ0) is 17.2. The van der Waals surface area contributed by atoms with E-state index in [4.69, 9.17) is 0 Å². The number of hydrogen-bond donors (Lipinski definition) is 2. The van der Waals surface area contributed by atoms with Gasteiger partial charge >= 0.3 is 6.03 Å². The summed E-state index contributed by atoms with van der Waals surface area (Å²) in [4.78, 5) is 37.8. The Balaban J connectivity index is 1.64. The molecule has 2 heterocycles. The Kier molecular flexibility index (Phi) is 4.35. The first-order valence-corrected chi connectivity index (χ1v) is 8.42. The maximum absolute atomic E-state index is 12.6. The van der Waals surface area contributed by atoms with Crippen LogP contribution in [0.5, 0.6) is 0 Å². The van der Waals surface area contributed by atoms with Crippen LogP contribution >= 0.6 is 11.3 Å². The molecule has 7 heteroatoms. The number of nitrogens with one attached hydrogen (secondary N) is 2. The van der Waals surface area contributed by atoms with E-state index in [2.05, 4.69) is 10.6 Å². The van der Waals surface area contributed by atoms with Crippen molar-refractivity contribution in [2.45, 2.75) is 19.0 Å². The molecule has 0 saturated carbocycles. The van der Waals surface area contributed by atoms with E-state index in [0.717, 1.165) is 16.0 Å². The van der Waals surface area contributed by atoms with Crippen LogP contribution in [0.25, 0.3) is 0 Å². The minimum atomic E-state index is -1.11. The third kappa shape index (κ3) is 3.03. The average Bonchev–Trinajstić information content (AvgIpc) is 3.19. The van der Waals surface area contributed by atoms with Crippen molar-refractivity contribution >= 4 is 29.2 Å². The van der Waals surface area contributed by atoms with Gasteiger partial charge in [-0.15, -0.1) is 0 Å². The molecule has 4 amide bonds. The van der Waals surface area contributed by atoms with E-state index in [1.165, 1.54) is 11.3 Å². The molecule has 6 nitrogen and oxygen atoms in total. The van der Waals surface area contributed by atoms with Crippen LogP contribution in [0.4, 0.5) is 4.79 Å². The first kappa shape index (κ1) is 16.2. The molecule has 1 atom stereocenters. The summed E-state index contributed by atoms with van der Waals surface area (Å²) in [7, 11) is 0. The van der Waals surface area contributed by atoms with Crippen LogP contribution in [0.3, 0.4) is 0 Å². The molecule has 0 aliphatic carbocycles.